The molecule has 1 aliphatic heterocycles. The molecule has 0 spiro atoms. The molecule has 29 heavy (non-hydrogen) atoms. The summed E-state index contributed by atoms with van der Waals surface area (Å²) in [4.78, 5) is 13.8. The van der Waals surface area contributed by atoms with Gasteiger partial charge in [0.25, 0.3) is 0 Å². The first-order chi connectivity index (χ1) is 13.7. The molecule has 0 bridgehead atoms. The number of nitrogens with zero attached hydrogens (tertiary/aromatic N) is 3. The van der Waals surface area contributed by atoms with Gasteiger partial charge in [-0.25, -0.2) is 8.99 Å². The summed E-state index contributed by atoms with van der Waals surface area (Å²) >= 11 is 0. The smallest absolute Gasteiger partial charge is 0.197 e. The first-order valence-electron chi connectivity index (χ1n) is 9.88. The highest BCUT2D eigenvalue weighted by molar-refractivity contribution is 7.91. The predicted octanol–water partition coefficient (Wildman–Crippen LogP) is 3.80. The lowest BCUT2D eigenvalue weighted by Crippen LogP contribution is -2.58. The molecule has 1 unspecified atom stereocenters. The second-order valence-corrected chi connectivity index (χ2v) is 9.78. The molecule has 0 amide bonds. The maximum absolute atomic E-state index is 13.9. The normalized spacial score (nSPS) is 22.8. The van der Waals surface area contributed by atoms with Gasteiger partial charge in [-0.1, -0.05) is 42.5 Å². The Morgan fingerprint density at radius 1 is 1.07 bits per heavy atom. The standard InChI is InChI=1S/C22H30N4O2S/c1-17-14-25(15-18(2)24(17)4)29(23,28)26(22-8-6-5-7-9-22)16-20-10-12-21(13-11-20)19(3)27/h5-13,17-18,23H,14-16H2,1-4H3/t17-,18+,29?. The summed E-state index contributed by atoms with van der Waals surface area (Å²) in [6.07, 6.45) is 0. The van der Waals surface area contributed by atoms with Crippen molar-refractivity contribution < 1.29 is 9.00 Å². The summed E-state index contributed by atoms with van der Waals surface area (Å²) < 4.78 is 26.3. The number of carbonyl (C=O) groups excluding carboxylic acids is 1. The Labute approximate surface area is 174 Å². The molecular weight excluding hydrogens is 384 g/mol. The number of Topliss-reactive ketones (excluding diaryl/α,β-unsaturated/α-hetero) is 1. The second-order valence-electron chi connectivity index (χ2n) is 7.83. The summed E-state index contributed by atoms with van der Waals surface area (Å²) in [6.45, 7) is 7.24. The van der Waals surface area contributed by atoms with Crippen LogP contribution >= 0.6 is 0 Å². The number of piperazine rings is 1. The van der Waals surface area contributed by atoms with E-state index in [2.05, 4.69) is 25.8 Å². The van der Waals surface area contributed by atoms with Crippen LogP contribution in [0.1, 0.15) is 36.7 Å². The fourth-order valence-corrected chi connectivity index (χ4v) is 5.47. The molecule has 1 aliphatic rings. The van der Waals surface area contributed by atoms with Gasteiger partial charge in [-0.05, 0) is 45.5 Å². The lowest BCUT2D eigenvalue weighted by Gasteiger charge is -2.44. The third-order valence-corrected chi connectivity index (χ3v) is 7.64. The molecule has 6 nitrogen and oxygen atoms in total. The van der Waals surface area contributed by atoms with Gasteiger partial charge in [0.1, 0.15) is 0 Å². The van der Waals surface area contributed by atoms with Crippen LogP contribution in [0.15, 0.2) is 54.6 Å². The number of hydrogen-bond donors (Lipinski definition) is 1. The van der Waals surface area contributed by atoms with Gasteiger partial charge in [0.2, 0.25) is 0 Å². The second kappa shape index (κ2) is 8.65. The molecule has 2 aromatic carbocycles. The number of rotatable bonds is 6. The summed E-state index contributed by atoms with van der Waals surface area (Å²) in [5, 5.41) is 0. The van der Waals surface area contributed by atoms with E-state index in [0.29, 0.717) is 25.2 Å². The van der Waals surface area contributed by atoms with E-state index in [4.69, 9.17) is 4.78 Å². The SMILES string of the molecule is CC(=O)c1ccc(CN(c2ccccc2)S(=N)(=O)N2C[C@@H](C)N(C)[C@@H](C)C2)cc1. The minimum absolute atomic E-state index is 0.0150. The fraction of sp³-hybridized carbons (Fsp3) is 0.409. The fourth-order valence-electron chi connectivity index (χ4n) is 3.62. The van der Waals surface area contributed by atoms with Crippen LogP contribution in [0.25, 0.3) is 0 Å². The number of likely N-dealkylation sites (N-methyl/N-ethyl adjacent to an activating group) is 1. The highest BCUT2D eigenvalue weighted by Gasteiger charge is 2.35. The molecule has 156 valence electrons. The van der Waals surface area contributed by atoms with E-state index in [-0.39, 0.29) is 17.9 Å². The Kier molecular flexibility index (Phi) is 6.41. The van der Waals surface area contributed by atoms with E-state index in [0.717, 1.165) is 11.3 Å². The van der Waals surface area contributed by atoms with Crippen molar-refractivity contribution in [1.29, 1.82) is 4.78 Å². The van der Waals surface area contributed by atoms with E-state index in [1.807, 2.05) is 42.5 Å². The van der Waals surface area contributed by atoms with Crippen molar-refractivity contribution in [2.45, 2.75) is 39.4 Å². The minimum atomic E-state index is -3.22. The number of anilines is 1. The van der Waals surface area contributed by atoms with Crippen LogP contribution in [0.3, 0.4) is 0 Å². The van der Waals surface area contributed by atoms with Crippen LogP contribution in [0.5, 0.6) is 0 Å². The molecule has 0 radical (unpaired) electrons. The van der Waals surface area contributed by atoms with Crippen LogP contribution in [-0.4, -0.2) is 51.4 Å². The molecule has 1 heterocycles. The number of benzene rings is 2. The Morgan fingerprint density at radius 3 is 2.14 bits per heavy atom. The highest BCUT2D eigenvalue weighted by Crippen LogP contribution is 2.26. The molecule has 1 saturated heterocycles. The molecular formula is C22H30N4O2S. The molecule has 1 fully saturated rings. The van der Waals surface area contributed by atoms with Crippen molar-refractivity contribution in [2.24, 2.45) is 0 Å². The Balaban J connectivity index is 1.94. The molecule has 7 heteroatoms. The number of carbonyl (C=O) groups is 1. The Bertz CT molecular complexity index is 933. The van der Waals surface area contributed by atoms with E-state index in [1.54, 1.807) is 20.7 Å². The zero-order valence-electron chi connectivity index (χ0n) is 17.5. The number of para-hydroxylation sites is 1. The highest BCUT2D eigenvalue weighted by atomic mass is 32.2. The van der Waals surface area contributed by atoms with Gasteiger partial charge < -0.3 is 0 Å². The van der Waals surface area contributed by atoms with Gasteiger partial charge in [-0.15, -0.1) is 0 Å². The third kappa shape index (κ3) is 4.69. The lowest BCUT2D eigenvalue weighted by molar-refractivity contribution is 0.101. The molecule has 0 aromatic heterocycles. The van der Waals surface area contributed by atoms with E-state index >= 15 is 0 Å². The van der Waals surface area contributed by atoms with Crippen molar-refractivity contribution in [3.05, 3.63) is 65.7 Å². The average molecular weight is 415 g/mol. The lowest BCUT2D eigenvalue weighted by atomic mass is 10.1. The van der Waals surface area contributed by atoms with Crippen molar-refractivity contribution in [3.8, 4) is 0 Å². The summed E-state index contributed by atoms with van der Waals surface area (Å²) in [5.41, 5.74) is 2.31. The third-order valence-electron chi connectivity index (χ3n) is 5.71. The van der Waals surface area contributed by atoms with E-state index in [9.17, 15) is 9.00 Å². The van der Waals surface area contributed by atoms with E-state index in [1.165, 1.54) is 6.92 Å². The monoisotopic (exact) mass is 414 g/mol. The van der Waals surface area contributed by atoms with Crippen molar-refractivity contribution >= 4 is 21.6 Å². The zero-order chi connectivity index (χ0) is 21.2. The van der Waals surface area contributed by atoms with Gasteiger partial charge in [0.05, 0.1) is 12.2 Å². The molecule has 1 N–H and O–H groups in total. The Morgan fingerprint density at radius 2 is 1.62 bits per heavy atom. The van der Waals surface area contributed by atoms with Crippen LogP contribution in [0.4, 0.5) is 5.69 Å². The molecule has 3 rings (SSSR count). The van der Waals surface area contributed by atoms with Crippen LogP contribution in [0, 0.1) is 4.78 Å². The zero-order valence-corrected chi connectivity index (χ0v) is 18.4. The average Bonchev–Trinajstić information content (AvgIpc) is 2.70. The van der Waals surface area contributed by atoms with Crippen molar-refractivity contribution in [1.82, 2.24) is 9.21 Å². The maximum Gasteiger partial charge on any atom is 0.197 e. The number of nitrogens with one attached hydrogen (secondary N) is 1. The number of hydrogen-bond acceptors (Lipinski definition) is 4. The van der Waals surface area contributed by atoms with Gasteiger partial charge in [-0.3, -0.25) is 14.0 Å². The molecule has 2 aromatic rings. The first kappa shape index (κ1) is 21.5. The maximum atomic E-state index is 13.9. The topological polar surface area (TPSA) is 67.7 Å². The molecule has 0 aliphatic carbocycles. The van der Waals surface area contributed by atoms with Crippen molar-refractivity contribution in [2.75, 3.05) is 24.4 Å². The summed E-state index contributed by atoms with van der Waals surface area (Å²) in [5.74, 6) is 0.0150. The summed E-state index contributed by atoms with van der Waals surface area (Å²) in [7, 11) is -1.14. The molecule has 0 saturated carbocycles. The minimum Gasteiger partial charge on any atom is -0.298 e. The molecule has 3 atom stereocenters. The van der Waals surface area contributed by atoms with E-state index < -0.39 is 10.1 Å². The summed E-state index contributed by atoms with van der Waals surface area (Å²) in [6, 6.07) is 17.2. The van der Waals surface area contributed by atoms with Gasteiger partial charge in [0, 0.05) is 30.7 Å². The van der Waals surface area contributed by atoms with Gasteiger partial charge in [0.15, 0.2) is 15.9 Å². The van der Waals surface area contributed by atoms with Crippen LogP contribution in [0.2, 0.25) is 0 Å². The largest absolute Gasteiger partial charge is 0.298 e. The van der Waals surface area contributed by atoms with Gasteiger partial charge >= 0.3 is 0 Å². The Hall–Kier alpha value is -2.22. The van der Waals surface area contributed by atoms with Crippen LogP contribution in [-0.2, 0) is 16.6 Å². The van der Waals surface area contributed by atoms with Crippen LogP contribution < -0.4 is 4.31 Å². The number of ketones is 1. The van der Waals surface area contributed by atoms with Crippen molar-refractivity contribution in [3.63, 3.8) is 0 Å². The predicted molar refractivity (Wildman–Crippen MR) is 118 cm³/mol. The van der Waals surface area contributed by atoms with Gasteiger partial charge in [-0.2, -0.15) is 4.31 Å². The first-order valence-corrected chi connectivity index (χ1v) is 11.4. The quantitative estimate of drug-likeness (QED) is 0.731.